The average molecular weight is 348 g/mol. The molecule has 3 aromatic rings. The lowest BCUT2D eigenvalue weighted by Crippen LogP contribution is -2.20. The van der Waals surface area contributed by atoms with Gasteiger partial charge in [0.15, 0.2) is 0 Å². The summed E-state index contributed by atoms with van der Waals surface area (Å²) in [4.78, 5) is 23.3. The van der Waals surface area contributed by atoms with Crippen molar-refractivity contribution < 1.29 is 4.79 Å². The zero-order chi connectivity index (χ0) is 18.4. The molecule has 0 saturated heterocycles. The fraction of sp³-hybridized carbons (Fsp3) is 0.286. The SMILES string of the molecule is CCCCCN(C)c1ccc(C(=O)Nc2cnc3ccccc3c2)cn1. The van der Waals surface area contributed by atoms with Crippen LogP contribution in [0.5, 0.6) is 0 Å². The Kier molecular flexibility index (Phi) is 5.79. The number of nitrogens with zero attached hydrogens (tertiary/aromatic N) is 3. The average Bonchev–Trinajstić information content (AvgIpc) is 2.68. The Morgan fingerprint density at radius 3 is 2.69 bits per heavy atom. The van der Waals surface area contributed by atoms with E-state index in [1.165, 1.54) is 12.8 Å². The molecule has 1 amide bonds. The van der Waals surface area contributed by atoms with Gasteiger partial charge in [0.05, 0.1) is 23.0 Å². The van der Waals surface area contributed by atoms with Crippen LogP contribution >= 0.6 is 0 Å². The number of anilines is 2. The number of hydrogen-bond donors (Lipinski definition) is 1. The zero-order valence-electron chi connectivity index (χ0n) is 15.3. The van der Waals surface area contributed by atoms with Crippen molar-refractivity contribution in [2.75, 3.05) is 23.8 Å². The Hall–Kier alpha value is -2.95. The van der Waals surface area contributed by atoms with Crippen LogP contribution in [0.1, 0.15) is 36.5 Å². The fourth-order valence-corrected chi connectivity index (χ4v) is 2.80. The Morgan fingerprint density at radius 1 is 1.08 bits per heavy atom. The molecule has 2 aromatic heterocycles. The van der Waals surface area contributed by atoms with Crippen LogP contribution in [-0.4, -0.2) is 29.5 Å². The van der Waals surface area contributed by atoms with Crippen molar-refractivity contribution in [3.8, 4) is 0 Å². The zero-order valence-corrected chi connectivity index (χ0v) is 15.3. The van der Waals surface area contributed by atoms with E-state index in [1.807, 2.05) is 49.5 Å². The van der Waals surface area contributed by atoms with E-state index in [2.05, 4.69) is 27.1 Å². The molecule has 26 heavy (non-hydrogen) atoms. The first-order valence-electron chi connectivity index (χ1n) is 9.00. The molecule has 0 aliphatic carbocycles. The second-order valence-corrected chi connectivity index (χ2v) is 6.40. The Labute approximate surface area is 154 Å². The second-order valence-electron chi connectivity index (χ2n) is 6.40. The van der Waals surface area contributed by atoms with E-state index < -0.39 is 0 Å². The lowest BCUT2D eigenvalue weighted by atomic mass is 10.2. The molecule has 2 heterocycles. The van der Waals surface area contributed by atoms with Crippen LogP contribution in [-0.2, 0) is 0 Å². The largest absolute Gasteiger partial charge is 0.360 e. The molecule has 0 aliphatic heterocycles. The van der Waals surface area contributed by atoms with Gasteiger partial charge in [0.1, 0.15) is 5.82 Å². The fourth-order valence-electron chi connectivity index (χ4n) is 2.80. The summed E-state index contributed by atoms with van der Waals surface area (Å²) in [7, 11) is 2.03. The van der Waals surface area contributed by atoms with E-state index >= 15 is 0 Å². The number of carbonyl (C=O) groups excluding carboxylic acids is 1. The van der Waals surface area contributed by atoms with Crippen LogP contribution in [0.3, 0.4) is 0 Å². The lowest BCUT2D eigenvalue weighted by Gasteiger charge is -2.18. The van der Waals surface area contributed by atoms with Crippen LogP contribution in [0, 0.1) is 0 Å². The maximum Gasteiger partial charge on any atom is 0.257 e. The number of amides is 1. The van der Waals surface area contributed by atoms with E-state index in [4.69, 9.17) is 0 Å². The highest BCUT2D eigenvalue weighted by Gasteiger charge is 2.09. The van der Waals surface area contributed by atoms with Gasteiger partial charge in [0.25, 0.3) is 5.91 Å². The number of pyridine rings is 2. The molecule has 0 spiro atoms. The molecular weight excluding hydrogens is 324 g/mol. The number of nitrogens with one attached hydrogen (secondary N) is 1. The van der Waals surface area contributed by atoms with Crippen LogP contribution in [0.4, 0.5) is 11.5 Å². The standard InChI is InChI=1S/C21H24N4O/c1-3-4-7-12-25(2)20-11-10-17(14-23-20)21(26)24-18-13-16-8-5-6-9-19(16)22-15-18/h5-6,8-11,13-15H,3-4,7,12H2,1-2H3,(H,24,26). The highest BCUT2D eigenvalue weighted by Crippen LogP contribution is 2.17. The molecule has 3 rings (SSSR count). The van der Waals surface area contributed by atoms with E-state index in [0.29, 0.717) is 11.3 Å². The summed E-state index contributed by atoms with van der Waals surface area (Å²) in [5, 5.41) is 3.88. The van der Waals surface area contributed by atoms with Gasteiger partial charge in [0.2, 0.25) is 0 Å². The maximum absolute atomic E-state index is 12.4. The monoisotopic (exact) mass is 348 g/mol. The van der Waals surface area contributed by atoms with Crippen molar-refractivity contribution in [3.05, 3.63) is 60.4 Å². The minimum absolute atomic E-state index is 0.185. The predicted octanol–water partition coefficient (Wildman–Crippen LogP) is 4.51. The van der Waals surface area contributed by atoms with Gasteiger partial charge in [-0.05, 0) is 30.7 Å². The normalized spacial score (nSPS) is 10.7. The number of aromatic nitrogens is 2. The Bertz CT molecular complexity index is 877. The molecule has 0 atom stereocenters. The molecule has 0 fully saturated rings. The van der Waals surface area contributed by atoms with Crippen LogP contribution < -0.4 is 10.2 Å². The topological polar surface area (TPSA) is 58.1 Å². The van der Waals surface area contributed by atoms with E-state index in [0.717, 1.165) is 29.7 Å². The third-order valence-electron chi connectivity index (χ3n) is 4.35. The molecule has 1 N–H and O–H groups in total. The molecule has 0 radical (unpaired) electrons. The summed E-state index contributed by atoms with van der Waals surface area (Å²) >= 11 is 0. The molecular formula is C21H24N4O. The highest BCUT2D eigenvalue weighted by molar-refractivity contribution is 6.04. The van der Waals surface area contributed by atoms with Crippen LogP contribution in [0.25, 0.3) is 10.9 Å². The summed E-state index contributed by atoms with van der Waals surface area (Å²) in [6.07, 6.45) is 6.85. The van der Waals surface area contributed by atoms with Crippen molar-refractivity contribution in [2.45, 2.75) is 26.2 Å². The number of unbranched alkanes of at least 4 members (excludes halogenated alkanes) is 2. The minimum atomic E-state index is -0.185. The predicted molar refractivity (Wildman–Crippen MR) is 107 cm³/mol. The number of para-hydroxylation sites is 1. The first kappa shape index (κ1) is 17.9. The van der Waals surface area contributed by atoms with E-state index in [1.54, 1.807) is 12.4 Å². The molecule has 5 nitrogen and oxygen atoms in total. The number of benzene rings is 1. The van der Waals surface area contributed by atoms with Gasteiger partial charge in [-0.15, -0.1) is 0 Å². The molecule has 0 saturated carbocycles. The van der Waals surface area contributed by atoms with Gasteiger partial charge < -0.3 is 10.2 Å². The van der Waals surface area contributed by atoms with E-state index in [9.17, 15) is 4.79 Å². The van der Waals surface area contributed by atoms with Gasteiger partial charge in [-0.25, -0.2) is 4.98 Å². The third kappa shape index (κ3) is 4.36. The number of fused-ring (bicyclic) bond motifs is 1. The number of hydrogen-bond acceptors (Lipinski definition) is 4. The van der Waals surface area contributed by atoms with Crippen molar-refractivity contribution in [1.82, 2.24) is 9.97 Å². The first-order valence-corrected chi connectivity index (χ1v) is 9.00. The lowest BCUT2D eigenvalue weighted by molar-refractivity contribution is 0.102. The quantitative estimate of drug-likeness (QED) is 0.638. The summed E-state index contributed by atoms with van der Waals surface area (Å²) in [6, 6.07) is 13.4. The smallest absolute Gasteiger partial charge is 0.257 e. The Balaban J connectivity index is 1.65. The van der Waals surface area contributed by atoms with E-state index in [-0.39, 0.29) is 5.91 Å². The molecule has 1 aromatic carbocycles. The number of rotatable bonds is 7. The van der Waals surface area contributed by atoms with Gasteiger partial charge in [0, 0.05) is 25.2 Å². The minimum Gasteiger partial charge on any atom is -0.360 e. The summed E-state index contributed by atoms with van der Waals surface area (Å²) in [6.45, 7) is 3.16. The first-order chi connectivity index (χ1) is 12.7. The summed E-state index contributed by atoms with van der Waals surface area (Å²) in [5.41, 5.74) is 2.11. The highest BCUT2D eigenvalue weighted by atomic mass is 16.1. The summed E-state index contributed by atoms with van der Waals surface area (Å²) < 4.78 is 0. The van der Waals surface area contributed by atoms with Crippen molar-refractivity contribution in [2.24, 2.45) is 0 Å². The second kappa shape index (κ2) is 8.43. The van der Waals surface area contributed by atoms with Gasteiger partial charge in [-0.1, -0.05) is 38.0 Å². The van der Waals surface area contributed by atoms with Crippen molar-refractivity contribution in [3.63, 3.8) is 0 Å². The van der Waals surface area contributed by atoms with Gasteiger partial charge in [-0.2, -0.15) is 0 Å². The molecule has 0 bridgehead atoms. The molecule has 5 heteroatoms. The number of carbonyl (C=O) groups is 1. The van der Waals surface area contributed by atoms with Crippen molar-refractivity contribution in [1.29, 1.82) is 0 Å². The maximum atomic E-state index is 12.4. The van der Waals surface area contributed by atoms with Crippen molar-refractivity contribution >= 4 is 28.3 Å². The molecule has 0 aliphatic rings. The molecule has 0 unspecified atom stereocenters. The van der Waals surface area contributed by atoms with Crippen LogP contribution in [0.2, 0.25) is 0 Å². The third-order valence-corrected chi connectivity index (χ3v) is 4.35. The van der Waals surface area contributed by atoms with Gasteiger partial charge >= 0.3 is 0 Å². The van der Waals surface area contributed by atoms with Crippen LogP contribution in [0.15, 0.2) is 54.9 Å². The molecule has 134 valence electrons. The van der Waals surface area contributed by atoms with Gasteiger partial charge in [-0.3, -0.25) is 9.78 Å². The Morgan fingerprint density at radius 2 is 1.92 bits per heavy atom. The summed E-state index contributed by atoms with van der Waals surface area (Å²) in [5.74, 6) is 0.694.